The van der Waals surface area contributed by atoms with Crippen molar-refractivity contribution in [3.8, 4) is 0 Å². The Balaban J connectivity index is 0.000000172. The molecule has 2 N–H and O–H groups in total. The van der Waals surface area contributed by atoms with Gasteiger partial charge in [0.1, 0.15) is 0 Å². The third kappa shape index (κ3) is 7.84. The van der Waals surface area contributed by atoms with Crippen LogP contribution in [0.4, 0.5) is 0 Å². The average molecular weight is 150 g/mol. The molecule has 10 heavy (non-hydrogen) atoms. The number of hydrogen-bond acceptors (Lipinski definition) is 4. The lowest BCUT2D eigenvalue weighted by molar-refractivity contribution is -0.334. The van der Waals surface area contributed by atoms with E-state index >= 15 is 0 Å². The predicted molar refractivity (Wildman–Crippen MR) is 35.4 cm³/mol. The lowest BCUT2D eigenvalue weighted by Crippen LogP contribution is -2.05. The molecule has 0 saturated carbocycles. The number of hydrogen-bond donors (Lipinski definition) is 2. The smallest absolute Gasteiger partial charge is 0.188 e. The summed E-state index contributed by atoms with van der Waals surface area (Å²) in [5.74, 6) is 0. The Morgan fingerprint density at radius 3 is 2.20 bits per heavy atom. The molecule has 0 spiro atoms. The molecule has 0 amide bonds. The van der Waals surface area contributed by atoms with Crippen molar-refractivity contribution < 1.29 is 20.0 Å². The molecule has 62 valence electrons. The highest BCUT2D eigenvalue weighted by Gasteiger charge is 2.13. The summed E-state index contributed by atoms with van der Waals surface area (Å²) >= 11 is 0. The van der Waals surface area contributed by atoms with Gasteiger partial charge in [-0.3, -0.25) is 0 Å². The summed E-state index contributed by atoms with van der Waals surface area (Å²) < 4.78 is 4.71. The van der Waals surface area contributed by atoms with Gasteiger partial charge >= 0.3 is 0 Å². The maximum atomic E-state index is 8.19. The number of epoxide rings is 1. The van der Waals surface area contributed by atoms with Crippen molar-refractivity contribution in [2.45, 2.75) is 32.7 Å². The second kappa shape index (κ2) is 5.61. The molecule has 0 aromatic heterocycles. The summed E-state index contributed by atoms with van der Waals surface area (Å²) in [5.41, 5.74) is 0. The first-order chi connectivity index (χ1) is 4.70. The van der Waals surface area contributed by atoms with E-state index < -0.39 is 6.29 Å². The van der Waals surface area contributed by atoms with Crippen LogP contribution in [-0.4, -0.2) is 29.4 Å². The van der Waals surface area contributed by atoms with Crippen LogP contribution in [0, 0.1) is 0 Å². The lowest BCUT2D eigenvalue weighted by atomic mass is 10.5. The second-order valence-electron chi connectivity index (χ2n) is 2.11. The van der Waals surface area contributed by atoms with E-state index in [0.29, 0.717) is 12.5 Å². The molecular weight excluding hydrogens is 136 g/mol. The summed E-state index contributed by atoms with van der Waals surface area (Å²) in [7, 11) is 0. The molecule has 0 radical (unpaired) electrons. The minimum absolute atomic E-state index is 0.413. The van der Waals surface area contributed by atoms with E-state index in [1.807, 2.05) is 0 Å². The Hall–Kier alpha value is -0.160. The van der Waals surface area contributed by atoms with Crippen LogP contribution in [0.15, 0.2) is 0 Å². The van der Waals surface area contributed by atoms with Crippen LogP contribution in [0.5, 0.6) is 0 Å². The fourth-order valence-electron chi connectivity index (χ4n) is 0.171. The van der Waals surface area contributed by atoms with Crippen LogP contribution >= 0.6 is 0 Å². The molecule has 2 unspecified atom stereocenters. The molecule has 0 bridgehead atoms. The highest BCUT2D eigenvalue weighted by molar-refractivity contribution is 4.58. The molecule has 0 aliphatic carbocycles. The summed E-state index contributed by atoms with van der Waals surface area (Å²) in [6, 6.07) is 0. The normalized spacial score (nSPS) is 24.6. The van der Waals surface area contributed by atoms with Gasteiger partial charge in [0, 0.05) is 0 Å². The van der Waals surface area contributed by atoms with Gasteiger partial charge in [0.2, 0.25) is 0 Å². The van der Waals surface area contributed by atoms with E-state index in [1.54, 1.807) is 6.92 Å². The zero-order chi connectivity index (χ0) is 7.98. The zero-order valence-corrected chi connectivity index (χ0v) is 6.28. The van der Waals surface area contributed by atoms with Crippen molar-refractivity contribution in [3.63, 3.8) is 0 Å². The fraction of sp³-hybridized carbons (Fsp3) is 1.00. The first-order valence-corrected chi connectivity index (χ1v) is 3.30. The second-order valence-corrected chi connectivity index (χ2v) is 2.11. The Bertz CT molecular complexity index is 68.1. The third-order valence-electron chi connectivity index (χ3n) is 0.971. The molecule has 1 rings (SSSR count). The maximum Gasteiger partial charge on any atom is 0.188 e. The third-order valence-corrected chi connectivity index (χ3v) is 0.971. The van der Waals surface area contributed by atoms with Crippen LogP contribution in [0.25, 0.3) is 0 Å². The minimum atomic E-state index is -1.01. The van der Waals surface area contributed by atoms with Crippen molar-refractivity contribution in [2.24, 2.45) is 0 Å². The quantitative estimate of drug-likeness (QED) is 0.262. The predicted octanol–water partition coefficient (Wildman–Crippen LogP) is 0.610. The van der Waals surface area contributed by atoms with E-state index in [2.05, 4.69) is 11.8 Å². The molecule has 1 aliphatic rings. The van der Waals surface area contributed by atoms with E-state index in [0.717, 1.165) is 6.61 Å². The highest BCUT2D eigenvalue weighted by atomic mass is 17.1. The molecule has 2 atom stereocenters. The van der Waals surface area contributed by atoms with Crippen LogP contribution < -0.4 is 0 Å². The minimum Gasteiger partial charge on any atom is -0.373 e. The van der Waals surface area contributed by atoms with E-state index in [-0.39, 0.29) is 0 Å². The van der Waals surface area contributed by atoms with Gasteiger partial charge in [0.15, 0.2) is 6.29 Å². The molecule has 1 heterocycles. The standard InChI is InChI=1S/C3H8O3.C3H6O/c1-2-3(4)6-5;1-3-2-4-3/h3-5H,2H2,1H3;3H,2H2,1H3. The largest absolute Gasteiger partial charge is 0.373 e. The van der Waals surface area contributed by atoms with Gasteiger partial charge in [-0.1, -0.05) is 6.92 Å². The molecule has 0 aromatic rings. The Labute approximate surface area is 60.3 Å². The van der Waals surface area contributed by atoms with Gasteiger partial charge in [0.05, 0.1) is 12.7 Å². The molecule has 1 saturated heterocycles. The van der Waals surface area contributed by atoms with Gasteiger partial charge in [-0.25, -0.2) is 10.1 Å². The molecule has 1 fully saturated rings. The maximum absolute atomic E-state index is 8.19. The van der Waals surface area contributed by atoms with Crippen molar-refractivity contribution >= 4 is 0 Å². The average Bonchev–Trinajstić information content (AvgIpc) is 2.71. The van der Waals surface area contributed by atoms with Crippen LogP contribution in [0.2, 0.25) is 0 Å². The van der Waals surface area contributed by atoms with Gasteiger partial charge in [-0.15, -0.1) is 0 Å². The van der Waals surface area contributed by atoms with Gasteiger partial charge in [0.25, 0.3) is 0 Å². The van der Waals surface area contributed by atoms with Crippen molar-refractivity contribution in [3.05, 3.63) is 0 Å². The van der Waals surface area contributed by atoms with Crippen molar-refractivity contribution in [1.82, 2.24) is 0 Å². The highest BCUT2D eigenvalue weighted by Crippen LogP contribution is 2.04. The Kier molecular flexibility index (Phi) is 5.52. The van der Waals surface area contributed by atoms with Crippen LogP contribution in [0.1, 0.15) is 20.3 Å². The van der Waals surface area contributed by atoms with Gasteiger partial charge in [-0.05, 0) is 13.3 Å². The van der Waals surface area contributed by atoms with Crippen LogP contribution in [0.3, 0.4) is 0 Å². The molecule has 0 aromatic carbocycles. The van der Waals surface area contributed by atoms with E-state index in [9.17, 15) is 0 Å². The van der Waals surface area contributed by atoms with Crippen LogP contribution in [-0.2, 0) is 9.62 Å². The number of rotatable bonds is 2. The summed E-state index contributed by atoms with van der Waals surface area (Å²) in [5, 5.41) is 15.8. The fourth-order valence-corrected chi connectivity index (χ4v) is 0.171. The summed E-state index contributed by atoms with van der Waals surface area (Å²) in [4.78, 5) is 3.45. The summed E-state index contributed by atoms with van der Waals surface area (Å²) in [6.45, 7) is 4.74. The molecule has 4 nitrogen and oxygen atoms in total. The molecule has 4 heteroatoms. The lowest BCUT2D eigenvalue weighted by Gasteiger charge is -1.97. The summed E-state index contributed by atoms with van der Waals surface area (Å²) in [6.07, 6.45) is -0.0127. The monoisotopic (exact) mass is 150 g/mol. The van der Waals surface area contributed by atoms with Crippen molar-refractivity contribution in [2.75, 3.05) is 6.61 Å². The first kappa shape index (κ1) is 9.84. The number of aliphatic hydroxyl groups is 1. The Morgan fingerprint density at radius 2 is 2.20 bits per heavy atom. The first-order valence-electron chi connectivity index (χ1n) is 3.30. The number of aliphatic hydroxyl groups excluding tert-OH is 1. The molecule has 1 aliphatic heterocycles. The molecular formula is C6H14O4. The van der Waals surface area contributed by atoms with Gasteiger partial charge in [-0.2, -0.15) is 0 Å². The van der Waals surface area contributed by atoms with Crippen molar-refractivity contribution in [1.29, 1.82) is 0 Å². The zero-order valence-electron chi connectivity index (χ0n) is 6.28. The number of ether oxygens (including phenoxy) is 1. The van der Waals surface area contributed by atoms with E-state index in [4.69, 9.17) is 15.1 Å². The van der Waals surface area contributed by atoms with Gasteiger partial charge < -0.3 is 9.84 Å². The Morgan fingerprint density at radius 1 is 1.80 bits per heavy atom. The van der Waals surface area contributed by atoms with E-state index in [1.165, 1.54) is 0 Å². The topological polar surface area (TPSA) is 62.2 Å². The SMILES string of the molecule is CC1CO1.CCC(O)OO.